The molecule has 1 unspecified atom stereocenters. The third kappa shape index (κ3) is 4.32. The molecule has 0 aliphatic heterocycles. The first kappa shape index (κ1) is 22.9. The first-order valence-corrected chi connectivity index (χ1v) is 10.4. The van der Waals surface area contributed by atoms with Crippen molar-refractivity contribution in [3.8, 4) is 11.1 Å². The Hall–Kier alpha value is -4.27. The van der Waals surface area contributed by atoms with Crippen molar-refractivity contribution in [2.45, 2.75) is 18.9 Å². The van der Waals surface area contributed by atoms with Crippen LogP contribution in [0.15, 0.2) is 60.7 Å². The summed E-state index contributed by atoms with van der Waals surface area (Å²) in [6.07, 6.45) is -0.988. The molecule has 0 bridgehead atoms. The van der Waals surface area contributed by atoms with Crippen LogP contribution in [0.1, 0.15) is 34.3 Å². The molecule has 1 aliphatic carbocycles. The fourth-order valence-corrected chi connectivity index (χ4v) is 3.93. The van der Waals surface area contributed by atoms with Crippen LogP contribution >= 0.6 is 0 Å². The summed E-state index contributed by atoms with van der Waals surface area (Å²) in [6, 6.07) is 15.9. The van der Waals surface area contributed by atoms with Crippen molar-refractivity contribution in [3.63, 3.8) is 0 Å². The van der Waals surface area contributed by atoms with E-state index in [1.54, 1.807) is 0 Å². The quantitative estimate of drug-likeness (QED) is 0.495. The van der Waals surface area contributed by atoms with Gasteiger partial charge in [0, 0.05) is 5.92 Å². The number of halogens is 2. The molecule has 3 N–H and O–H groups in total. The zero-order valence-electron chi connectivity index (χ0n) is 18.0. The van der Waals surface area contributed by atoms with E-state index in [9.17, 15) is 23.2 Å². The van der Waals surface area contributed by atoms with Gasteiger partial charge in [-0.1, -0.05) is 48.5 Å². The van der Waals surface area contributed by atoms with Gasteiger partial charge >= 0.3 is 12.1 Å². The van der Waals surface area contributed by atoms with E-state index >= 15 is 0 Å². The van der Waals surface area contributed by atoms with Crippen LogP contribution in [0.4, 0.5) is 19.3 Å². The third-order valence-electron chi connectivity index (χ3n) is 5.62. The van der Waals surface area contributed by atoms with Crippen molar-refractivity contribution in [1.29, 1.82) is 0 Å². The number of carboxylic acids is 1. The van der Waals surface area contributed by atoms with Crippen LogP contribution in [-0.4, -0.2) is 35.7 Å². The second kappa shape index (κ2) is 9.30. The molecule has 4 rings (SSSR count). The Morgan fingerprint density at radius 3 is 2.15 bits per heavy atom. The highest BCUT2D eigenvalue weighted by Gasteiger charge is 2.29. The van der Waals surface area contributed by atoms with Crippen molar-refractivity contribution in [2.24, 2.45) is 0 Å². The molecule has 0 spiro atoms. The number of anilines is 1. The van der Waals surface area contributed by atoms with Crippen molar-refractivity contribution >= 4 is 23.7 Å². The Labute approximate surface area is 193 Å². The molecule has 3 aromatic rings. The Balaban J connectivity index is 1.48. The van der Waals surface area contributed by atoms with Crippen LogP contribution in [0.3, 0.4) is 0 Å². The van der Waals surface area contributed by atoms with E-state index in [0.29, 0.717) is 0 Å². The monoisotopic (exact) mass is 466 g/mol. The van der Waals surface area contributed by atoms with Gasteiger partial charge in [-0.15, -0.1) is 0 Å². The van der Waals surface area contributed by atoms with Gasteiger partial charge in [0.1, 0.15) is 24.0 Å². The molecule has 9 heteroatoms. The van der Waals surface area contributed by atoms with Gasteiger partial charge < -0.3 is 15.2 Å². The second-order valence-corrected chi connectivity index (χ2v) is 7.77. The Morgan fingerprint density at radius 2 is 1.56 bits per heavy atom. The number of rotatable bonds is 6. The van der Waals surface area contributed by atoms with E-state index < -0.39 is 46.9 Å². The normalized spacial score (nSPS) is 12.9. The maximum atomic E-state index is 14.8. The summed E-state index contributed by atoms with van der Waals surface area (Å²) in [4.78, 5) is 35.5. The van der Waals surface area contributed by atoms with E-state index in [-0.39, 0.29) is 12.5 Å². The fourth-order valence-electron chi connectivity index (χ4n) is 3.93. The molecule has 2 amide bonds. The van der Waals surface area contributed by atoms with Gasteiger partial charge in [0.25, 0.3) is 5.91 Å². The number of nitrogens with one attached hydrogen (secondary N) is 2. The molecule has 3 aromatic carbocycles. The Kier molecular flexibility index (Phi) is 6.27. The van der Waals surface area contributed by atoms with Gasteiger partial charge in [-0.05, 0) is 41.3 Å². The lowest BCUT2D eigenvalue weighted by Gasteiger charge is -2.16. The van der Waals surface area contributed by atoms with Crippen LogP contribution in [0.2, 0.25) is 0 Å². The predicted octanol–water partition coefficient (Wildman–Crippen LogP) is 4.53. The highest BCUT2D eigenvalue weighted by Crippen LogP contribution is 2.44. The number of carbonyl (C=O) groups excluding carboxylic acids is 2. The molecule has 1 aliphatic rings. The van der Waals surface area contributed by atoms with E-state index in [1.165, 1.54) is 0 Å². The van der Waals surface area contributed by atoms with Crippen molar-refractivity contribution < 1.29 is 33.0 Å². The Bertz CT molecular complexity index is 1250. The maximum absolute atomic E-state index is 14.8. The number of carboxylic acid groups (broad SMARTS) is 1. The topological polar surface area (TPSA) is 105 Å². The molecule has 34 heavy (non-hydrogen) atoms. The van der Waals surface area contributed by atoms with Crippen LogP contribution in [0, 0.1) is 11.6 Å². The number of aliphatic carboxylic acids is 1. The lowest BCUT2D eigenvalue weighted by Crippen LogP contribution is -2.39. The highest BCUT2D eigenvalue weighted by molar-refractivity contribution is 5.98. The molecule has 0 saturated carbocycles. The number of amides is 2. The second-order valence-electron chi connectivity index (χ2n) is 7.77. The smallest absolute Gasteiger partial charge is 0.411 e. The molecular formula is C25H20F2N2O5. The van der Waals surface area contributed by atoms with E-state index in [1.807, 2.05) is 53.8 Å². The van der Waals surface area contributed by atoms with Crippen molar-refractivity contribution in [2.75, 3.05) is 11.9 Å². The summed E-state index contributed by atoms with van der Waals surface area (Å²) in [5.74, 6) is -5.40. The van der Waals surface area contributed by atoms with Crippen LogP contribution in [-0.2, 0) is 9.53 Å². The molecular weight excluding hydrogens is 446 g/mol. The number of benzene rings is 3. The van der Waals surface area contributed by atoms with Crippen LogP contribution < -0.4 is 10.6 Å². The van der Waals surface area contributed by atoms with Gasteiger partial charge in [-0.25, -0.2) is 13.6 Å². The fraction of sp³-hybridized carbons (Fsp3) is 0.160. The summed E-state index contributed by atoms with van der Waals surface area (Å²) >= 11 is 0. The lowest BCUT2D eigenvalue weighted by atomic mass is 9.98. The van der Waals surface area contributed by atoms with Crippen molar-refractivity contribution in [1.82, 2.24) is 5.32 Å². The minimum atomic E-state index is -1.37. The van der Waals surface area contributed by atoms with E-state index in [4.69, 9.17) is 9.84 Å². The minimum absolute atomic E-state index is 0.0217. The van der Waals surface area contributed by atoms with E-state index in [2.05, 4.69) is 5.32 Å². The van der Waals surface area contributed by atoms with Gasteiger partial charge in [-0.3, -0.25) is 14.9 Å². The summed E-state index contributed by atoms with van der Waals surface area (Å²) < 4.78 is 34.3. The number of carbonyl (C=O) groups is 3. The molecule has 1 atom stereocenters. The van der Waals surface area contributed by atoms with Gasteiger partial charge in [0.05, 0.1) is 5.69 Å². The van der Waals surface area contributed by atoms with Crippen LogP contribution in [0.25, 0.3) is 11.1 Å². The predicted molar refractivity (Wildman–Crippen MR) is 120 cm³/mol. The highest BCUT2D eigenvalue weighted by atomic mass is 19.1. The third-order valence-corrected chi connectivity index (χ3v) is 5.62. The molecule has 0 aromatic heterocycles. The van der Waals surface area contributed by atoms with Gasteiger partial charge in [0.2, 0.25) is 0 Å². The largest absolute Gasteiger partial charge is 0.480 e. The zero-order chi connectivity index (χ0) is 24.4. The standard InChI is InChI=1S/C25H20F2N2O5/c1-13(24(31)32)28-23(30)21-19(26)10-11-20(22(21)27)29-25(33)34-12-18-16-8-4-2-6-14(16)15-7-3-5-9-17(15)18/h2-11,13,18H,12H2,1H3,(H,28,30)(H,29,33)(H,31,32). The SMILES string of the molecule is CC(NC(=O)c1c(F)ccc(NC(=O)OCC2c3ccccc3-c3ccccc32)c1F)C(=O)O. The van der Waals surface area contributed by atoms with E-state index in [0.717, 1.165) is 41.3 Å². The Morgan fingerprint density at radius 1 is 0.971 bits per heavy atom. The number of hydrogen-bond donors (Lipinski definition) is 3. The summed E-state index contributed by atoms with van der Waals surface area (Å²) in [6.45, 7) is 1.13. The van der Waals surface area contributed by atoms with Crippen molar-refractivity contribution in [3.05, 3.63) is 89.0 Å². The average molecular weight is 466 g/mol. The molecule has 0 fully saturated rings. The first-order valence-electron chi connectivity index (χ1n) is 10.4. The summed E-state index contributed by atoms with van der Waals surface area (Å²) in [7, 11) is 0. The molecule has 0 saturated heterocycles. The van der Waals surface area contributed by atoms with Gasteiger partial charge in [0.15, 0.2) is 5.82 Å². The lowest BCUT2D eigenvalue weighted by molar-refractivity contribution is -0.138. The molecule has 7 nitrogen and oxygen atoms in total. The van der Waals surface area contributed by atoms with Gasteiger partial charge in [-0.2, -0.15) is 0 Å². The number of hydrogen-bond acceptors (Lipinski definition) is 4. The molecule has 0 heterocycles. The molecule has 0 radical (unpaired) electrons. The average Bonchev–Trinajstić information content (AvgIpc) is 3.13. The number of ether oxygens (including phenoxy) is 1. The zero-order valence-corrected chi connectivity index (χ0v) is 18.0. The first-order chi connectivity index (χ1) is 16.3. The summed E-state index contributed by atoms with van der Waals surface area (Å²) in [5.41, 5.74) is 2.59. The van der Waals surface area contributed by atoms with Crippen LogP contribution in [0.5, 0.6) is 0 Å². The maximum Gasteiger partial charge on any atom is 0.411 e. The number of fused-ring (bicyclic) bond motifs is 3. The summed E-state index contributed by atoms with van der Waals surface area (Å²) in [5, 5.41) is 13.0. The minimum Gasteiger partial charge on any atom is -0.480 e. The molecule has 174 valence electrons.